The van der Waals surface area contributed by atoms with Crippen LogP contribution in [-0.2, 0) is 23.2 Å². The molecule has 1 atom stereocenters. The molecular weight excluding hydrogens is 300 g/mol. The van der Waals surface area contributed by atoms with Crippen molar-refractivity contribution in [2.45, 2.75) is 37.9 Å². The van der Waals surface area contributed by atoms with Crippen molar-refractivity contribution in [1.29, 1.82) is 0 Å². The van der Waals surface area contributed by atoms with Gasteiger partial charge in [-0.25, -0.2) is 4.98 Å². The third kappa shape index (κ3) is 3.82. The lowest BCUT2D eigenvalue weighted by atomic mass is 9.97. The quantitative estimate of drug-likeness (QED) is 0.832. The molecule has 122 valence electrons. The molecule has 0 aliphatic carbocycles. The second-order valence-electron chi connectivity index (χ2n) is 5.55. The van der Waals surface area contributed by atoms with Crippen LogP contribution < -0.4 is 5.32 Å². The van der Waals surface area contributed by atoms with Gasteiger partial charge in [-0.1, -0.05) is 18.7 Å². The summed E-state index contributed by atoms with van der Waals surface area (Å²) in [6, 6.07) is 0. The Hall–Kier alpha value is -1.50. The maximum absolute atomic E-state index is 12.3. The third-order valence-corrected chi connectivity index (χ3v) is 4.86. The topological polar surface area (TPSA) is 67.2 Å². The number of likely N-dealkylation sites (tertiary alicyclic amines) is 1. The van der Waals surface area contributed by atoms with Gasteiger partial charge in [0.25, 0.3) is 0 Å². The number of aromatic nitrogens is 2. The highest BCUT2D eigenvalue weighted by molar-refractivity contribution is 7.98. The van der Waals surface area contributed by atoms with Gasteiger partial charge in [-0.3, -0.25) is 9.59 Å². The molecule has 6 nitrogen and oxygen atoms in total. The summed E-state index contributed by atoms with van der Waals surface area (Å²) in [6.07, 6.45) is 6.01. The van der Waals surface area contributed by atoms with E-state index in [1.54, 1.807) is 18.0 Å². The van der Waals surface area contributed by atoms with Crippen molar-refractivity contribution in [2.24, 2.45) is 13.0 Å². The number of rotatable bonds is 5. The highest BCUT2D eigenvalue weighted by Crippen LogP contribution is 2.18. The van der Waals surface area contributed by atoms with Gasteiger partial charge in [0.1, 0.15) is 0 Å². The molecule has 1 aromatic rings. The van der Waals surface area contributed by atoms with E-state index in [0.29, 0.717) is 19.5 Å². The lowest BCUT2D eigenvalue weighted by Crippen LogP contribution is -2.45. The van der Waals surface area contributed by atoms with Gasteiger partial charge >= 0.3 is 0 Å². The molecule has 2 heterocycles. The van der Waals surface area contributed by atoms with Gasteiger partial charge in [0.2, 0.25) is 11.8 Å². The van der Waals surface area contributed by atoms with Crippen molar-refractivity contribution in [3.05, 3.63) is 11.9 Å². The summed E-state index contributed by atoms with van der Waals surface area (Å²) in [5, 5.41) is 3.91. The van der Waals surface area contributed by atoms with Crippen LogP contribution in [0.15, 0.2) is 11.4 Å². The summed E-state index contributed by atoms with van der Waals surface area (Å²) < 4.78 is 1.98. The second-order valence-corrected chi connectivity index (χ2v) is 6.32. The summed E-state index contributed by atoms with van der Waals surface area (Å²) in [4.78, 5) is 30.2. The maximum Gasteiger partial charge on any atom is 0.225 e. The molecule has 1 aliphatic rings. The predicted molar refractivity (Wildman–Crippen MR) is 86.4 cm³/mol. The van der Waals surface area contributed by atoms with E-state index in [0.717, 1.165) is 30.2 Å². The molecule has 2 rings (SSSR count). The van der Waals surface area contributed by atoms with Crippen molar-refractivity contribution in [2.75, 3.05) is 19.3 Å². The van der Waals surface area contributed by atoms with E-state index >= 15 is 0 Å². The number of imidazole rings is 1. The average Bonchev–Trinajstić information content (AvgIpc) is 2.91. The molecule has 0 bridgehead atoms. The Kier molecular flexibility index (Phi) is 5.88. The molecule has 0 radical (unpaired) electrons. The van der Waals surface area contributed by atoms with Gasteiger partial charge in [-0.15, -0.1) is 0 Å². The number of carbonyl (C=O) groups is 2. The molecular formula is C15H24N4O2S. The average molecular weight is 324 g/mol. The first-order chi connectivity index (χ1) is 10.6. The SMILES string of the molecule is CCC(=O)N1CCC[C@@H](C(=O)NCc2cnc(SC)n2C)C1. The highest BCUT2D eigenvalue weighted by atomic mass is 32.2. The summed E-state index contributed by atoms with van der Waals surface area (Å²) in [5.74, 6) is 0.0618. The van der Waals surface area contributed by atoms with E-state index in [4.69, 9.17) is 0 Å². The van der Waals surface area contributed by atoms with E-state index in [1.807, 2.05) is 29.7 Å². The fourth-order valence-corrected chi connectivity index (χ4v) is 3.29. The zero-order valence-electron chi connectivity index (χ0n) is 13.5. The van der Waals surface area contributed by atoms with Crippen LogP contribution in [0, 0.1) is 5.92 Å². The Labute approximate surface area is 135 Å². The summed E-state index contributed by atoms with van der Waals surface area (Å²) in [6.45, 7) is 3.65. The van der Waals surface area contributed by atoms with Crippen LogP contribution in [0.2, 0.25) is 0 Å². The Balaban J connectivity index is 1.89. The number of nitrogens with zero attached hydrogens (tertiary/aromatic N) is 3. The first-order valence-electron chi connectivity index (χ1n) is 7.66. The van der Waals surface area contributed by atoms with Gasteiger partial charge in [0.15, 0.2) is 5.16 Å². The molecule has 0 unspecified atom stereocenters. The van der Waals surface area contributed by atoms with Gasteiger partial charge in [-0.05, 0) is 19.1 Å². The van der Waals surface area contributed by atoms with Gasteiger partial charge in [0, 0.05) is 26.6 Å². The van der Waals surface area contributed by atoms with Gasteiger partial charge < -0.3 is 14.8 Å². The van der Waals surface area contributed by atoms with Crippen LogP contribution in [0.5, 0.6) is 0 Å². The molecule has 22 heavy (non-hydrogen) atoms. The first kappa shape index (κ1) is 16.9. The summed E-state index contributed by atoms with van der Waals surface area (Å²) in [7, 11) is 1.95. The highest BCUT2D eigenvalue weighted by Gasteiger charge is 2.27. The fourth-order valence-electron chi connectivity index (χ4n) is 2.74. The number of carbonyl (C=O) groups excluding carboxylic acids is 2. The molecule has 1 saturated heterocycles. The lowest BCUT2D eigenvalue weighted by molar-refractivity contribution is -0.135. The number of piperidine rings is 1. The van der Waals surface area contributed by atoms with E-state index in [2.05, 4.69) is 10.3 Å². The zero-order chi connectivity index (χ0) is 16.1. The van der Waals surface area contributed by atoms with E-state index in [9.17, 15) is 9.59 Å². The third-order valence-electron chi connectivity index (χ3n) is 4.12. The predicted octanol–water partition coefficient (Wildman–Crippen LogP) is 1.41. The monoisotopic (exact) mass is 324 g/mol. The summed E-state index contributed by atoms with van der Waals surface area (Å²) >= 11 is 1.58. The maximum atomic E-state index is 12.3. The molecule has 1 aliphatic heterocycles. The van der Waals surface area contributed by atoms with Gasteiger partial charge in [-0.2, -0.15) is 0 Å². The Morgan fingerprint density at radius 3 is 2.91 bits per heavy atom. The Bertz CT molecular complexity index is 544. The first-order valence-corrected chi connectivity index (χ1v) is 8.89. The molecule has 0 saturated carbocycles. The van der Waals surface area contributed by atoms with Crippen molar-refractivity contribution in [1.82, 2.24) is 19.8 Å². The molecule has 0 aromatic carbocycles. The van der Waals surface area contributed by atoms with Crippen LogP contribution >= 0.6 is 11.8 Å². The van der Waals surface area contributed by atoms with Crippen LogP contribution in [0.4, 0.5) is 0 Å². The standard InChI is InChI=1S/C15H24N4O2S/c1-4-13(20)19-7-5-6-11(10-19)14(21)16-8-12-9-17-15(22-3)18(12)2/h9,11H,4-8,10H2,1-3H3,(H,16,21)/t11-/m1/s1. The minimum absolute atomic E-state index is 0.0282. The number of thioether (sulfide) groups is 1. The Morgan fingerprint density at radius 1 is 1.50 bits per heavy atom. The fraction of sp³-hybridized carbons (Fsp3) is 0.667. The number of hydrogen-bond donors (Lipinski definition) is 1. The van der Waals surface area contributed by atoms with E-state index in [-0.39, 0.29) is 17.7 Å². The van der Waals surface area contributed by atoms with E-state index in [1.165, 1.54) is 0 Å². The molecule has 2 amide bonds. The Morgan fingerprint density at radius 2 is 2.27 bits per heavy atom. The zero-order valence-corrected chi connectivity index (χ0v) is 14.3. The van der Waals surface area contributed by atoms with Crippen molar-refractivity contribution in [3.63, 3.8) is 0 Å². The van der Waals surface area contributed by atoms with Crippen molar-refractivity contribution < 1.29 is 9.59 Å². The minimum Gasteiger partial charge on any atom is -0.350 e. The largest absolute Gasteiger partial charge is 0.350 e. The molecule has 1 aromatic heterocycles. The molecule has 7 heteroatoms. The minimum atomic E-state index is -0.0995. The number of nitrogens with one attached hydrogen (secondary N) is 1. The number of hydrogen-bond acceptors (Lipinski definition) is 4. The molecule has 1 fully saturated rings. The smallest absolute Gasteiger partial charge is 0.225 e. The molecule has 1 N–H and O–H groups in total. The summed E-state index contributed by atoms with van der Waals surface area (Å²) in [5.41, 5.74) is 0.981. The van der Waals surface area contributed by atoms with Gasteiger partial charge in [0.05, 0.1) is 24.4 Å². The van der Waals surface area contributed by atoms with E-state index < -0.39 is 0 Å². The number of amides is 2. The van der Waals surface area contributed by atoms with Crippen LogP contribution in [-0.4, -0.2) is 45.6 Å². The van der Waals surface area contributed by atoms with Crippen LogP contribution in [0.1, 0.15) is 31.9 Å². The lowest BCUT2D eigenvalue weighted by Gasteiger charge is -2.31. The molecule has 0 spiro atoms. The second kappa shape index (κ2) is 7.67. The van der Waals surface area contributed by atoms with Crippen molar-refractivity contribution in [3.8, 4) is 0 Å². The van der Waals surface area contributed by atoms with Crippen LogP contribution in [0.25, 0.3) is 0 Å². The van der Waals surface area contributed by atoms with Crippen molar-refractivity contribution >= 4 is 23.6 Å². The normalized spacial score (nSPS) is 18.3. The van der Waals surface area contributed by atoms with Crippen LogP contribution in [0.3, 0.4) is 0 Å².